The van der Waals surface area contributed by atoms with Crippen molar-refractivity contribution in [1.29, 1.82) is 0 Å². The highest BCUT2D eigenvalue weighted by molar-refractivity contribution is 7.89. The van der Waals surface area contributed by atoms with Crippen molar-refractivity contribution in [2.75, 3.05) is 60.0 Å². The van der Waals surface area contributed by atoms with Crippen LogP contribution in [0, 0.1) is 31.6 Å². The Kier molecular flexibility index (Phi) is 10.9. The molecule has 1 aromatic rings. The van der Waals surface area contributed by atoms with Crippen molar-refractivity contribution in [2.45, 2.75) is 83.0 Å². The van der Waals surface area contributed by atoms with Crippen molar-refractivity contribution in [1.82, 2.24) is 14.1 Å². The molecule has 2 saturated heterocycles. The van der Waals surface area contributed by atoms with Crippen LogP contribution in [0.5, 0.6) is 5.75 Å². The van der Waals surface area contributed by atoms with Crippen LogP contribution in [-0.2, 0) is 14.8 Å². The molecule has 0 unspecified atom stereocenters. The first-order valence-electron chi connectivity index (χ1n) is 15.3. The van der Waals surface area contributed by atoms with E-state index in [9.17, 15) is 13.2 Å². The van der Waals surface area contributed by atoms with Crippen molar-refractivity contribution in [2.24, 2.45) is 17.8 Å². The highest BCUT2D eigenvalue weighted by Crippen LogP contribution is 2.39. The highest BCUT2D eigenvalue weighted by Gasteiger charge is 2.31. The Morgan fingerprint density at radius 3 is 2.00 bits per heavy atom. The van der Waals surface area contributed by atoms with Gasteiger partial charge in [-0.25, -0.2) is 12.7 Å². The molecule has 1 saturated carbocycles. The zero-order valence-electron chi connectivity index (χ0n) is 24.8. The first kappa shape index (κ1) is 30.5. The van der Waals surface area contributed by atoms with Gasteiger partial charge >= 0.3 is 0 Å². The lowest BCUT2D eigenvalue weighted by Crippen LogP contribution is -2.40. The number of piperidine rings is 1. The van der Waals surface area contributed by atoms with Crippen LogP contribution in [0.2, 0.25) is 0 Å². The van der Waals surface area contributed by atoms with Crippen LogP contribution in [0.1, 0.15) is 75.3 Å². The SMILES string of the molecule is COc1cc(C)c(S(=O)(=O)N(C)CCC(=O)CC2CCC(C3CCN(CCN4CCCC4)CC3)CC2)c(C)c1. The van der Waals surface area contributed by atoms with Gasteiger partial charge in [0.05, 0.1) is 12.0 Å². The number of ether oxygens (including phenoxy) is 1. The molecular formula is C31H51N3O4S. The third-order valence-electron chi connectivity index (χ3n) is 9.68. The molecule has 0 atom stereocenters. The van der Waals surface area contributed by atoms with Gasteiger partial charge in [-0.2, -0.15) is 0 Å². The third-order valence-corrected chi connectivity index (χ3v) is 11.8. The van der Waals surface area contributed by atoms with Crippen LogP contribution in [0.3, 0.4) is 0 Å². The van der Waals surface area contributed by atoms with Crippen molar-refractivity contribution in [3.63, 3.8) is 0 Å². The fraction of sp³-hybridized carbons (Fsp3) is 0.774. The Labute approximate surface area is 237 Å². The van der Waals surface area contributed by atoms with Gasteiger partial charge in [-0.05, 0) is 132 Å². The van der Waals surface area contributed by atoms with Crippen molar-refractivity contribution in [3.05, 3.63) is 23.3 Å². The zero-order valence-corrected chi connectivity index (χ0v) is 25.6. The molecule has 220 valence electrons. The van der Waals surface area contributed by atoms with Gasteiger partial charge in [-0.3, -0.25) is 4.79 Å². The van der Waals surface area contributed by atoms with Gasteiger partial charge in [0.1, 0.15) is 11.5 Å². The number of rotatable bonds is 12. The van der Waals surface area contributed by atoms with E-state index in [1.165, 1.54) is 82.1 Å². The van der Waals surface area contributed by atoms with Gasteiger partial charge in [0.15, 0.2) is 0 Å². The van der Waals surface area contributed by atoms with Gasteiger partial charge in [0, 0.05) is 39.5 Å². The molecule has 39 heavy (non-hydrogen) atoms. The molecule has 7 nitrogen and oxygen atoms in total. The average Bonchev–Trinajstić information content (AvgIpc) is 3.44. The molecule has 2 aliphatic heterocycles. The second-order valence-corrected chi connectivity index (χ2v) is 14.4. The quantitative estimate of drug-likeness (QED) is 0.362. The Balaban J connectivity index is 1.15. The average molecular weight is 562 g/mol. The number of ketones is 1. The normalized spacial score (nSPS) is 23.9. The maximum absolute atomic E-state index is 13.2. The summed E-state index contributed by atoms with van der Waals surface area (Å²) in [6.45, 7) is 11.4. The Bertz CT molecular complexity index is 1030. The molecule has 8 heteroatoms. The highest BCUT2D eigenvalue weighted by atomic mass is 32.2. The van der Waals surface area contributed by atoms with E-state index in [1.54, 1.807) is 40.1 Å². The molecular weight excluding hydrogens is 510 g/mol. The number of carbonyl (C=O) groups excluding carboxylic acids is 1. The van der Waals surface area contributed by atoms with Gasteiger partial charge < -0.3 is 14.5 Å². The van der Waals surface area contributed by atoms with E-state index in [4.69, 9.17) is 4.74 Å². The van der Waals surface area contributed by atoms with Crippen LogP contribution >= 0.6 is 0 Å². The molecule has 3 fully saturated rings. The van der Waals surface area contributed by atoms with E-state index in [-0.39, 0.29) is 18.7 Å². The summed E-state index contributed by atoms with van der Waals surface area (Å²) >= 11 is 0. The van der Waals surface area contributed by atoms with Crippen molar-refractivity contribution in [3.8, 4) is 5.75 Å². The van der Waals surface area contributed by atoms with E-state index in [2.05, 4.69) is 9.80 Å². The predicted octanol–water partition coefficient (Wildman–Crippen LogP) is 4.90. The van der Waals surface area contributed by atoms with Crippen LogP contribution in [0.15, 0.2) is 17.0 Å². The summed E-state index contributed by atoms with van der Waals surface area (Å²) in [5.74, 6) is 2.98. The minimum atomic E-state index is -3.67. The molecule has 0 bridgehead atoms. The molecule has 1 aliphatic carbocycles. The minimum absolute atomic E-state index is 0.190. The van der Waals surface area contributed by atoms with Gasteiger partial charge in [0.25, 0.3) is 0 Å². The van der Waals surface area contributed by atoms with Crippen molar-refractivity contribution < 1.29 is 17.9 Å². The lowest BCUT2D eigenvalue weighted by atomic mass is 9.72. The second kappa shape index (κ2) is 13.9. The molecule has 1 aromatic carbocycles. The number of hydrogen-bond acceptors (Lipinski definition) is 6. The third kappa shape index (κ3) is 8.05. The zero-order chi connectivity index (χ0) is 28.0. The Morgan fingerprint density at radius 1 is 0.897 bits per heavy atom. The molecule has 0 spiro atoms. The topological polar surface area (TPSA) is 70.2 Å². The first-order valence-corrected chi connectivity index (χ1v) is 16.7. The number of hydrogen-bond donors (Lipinski definition) is 0. The van der Waals surface area contributed by atoms with Gasteiger partial charge in [0.2, 0.25) is 10.0 Å². The van der Waals surface area contributed by atoms with E-state index >= 15 is 0 Å². The lowest BCUT2D eigenvalue weighted by Gasteiger charge is -2.39. The number of benzene rings is 1. The number of sulfonamides is 1. The monoisotopic (exact) mass is 561 g/mol. The summed E-state index contributed by atoms with van der Waals surface area (Å²) in [5, 5.41) is 0. The smallest absolute Gasteiger partial charge is 0.243 e. The largest absolute Gasteiger partial charge is 0.497 e. The molecule has 0 N–H and O–H groups in total. The summed E-state index contributed by atoms with van der Waals surface area (Å²) in [5.41, 5.74) is 1.32. The van der Waals surface area contributed by atoms with Gasteiger partial charge in [-0.15, -0.1) is 0 Å². The van der Waals surface area contributed by atoms with Crippen LogP contribution < -0.4 is 4.74 Å². The lowest BCUT2D eigenvalue weighted by molar-refractivity contribution is -0.120. The molecule has 2 heterocycles. The maximum Gasteiger partial charge on any atom is 0.243 e. The number of Topliss-reactive ketones (excluding diaryl/α,β-unsaturated/α-hetero) is 1. The summed E-state index contributed by atoms with van der Waals surface area (Å²) in [6.07, 6.45) is 11.1. The summed E-state index contributed by atoms with van der Waals surface area (Å²) in [7, 11) is -0.512. The molecule has 0 radical (unpaired) electrons. The van der Waals surface area contributed by atoms with E-state index in [1.807, 2.05) is 0 Å². The minimum Gasteiger partial charge on any atom is -0.497 e. The fourth-order valence-electron chi connectivity index (χ4n) is 7.22. The second-order valence-electron chi connectivity index (χ2n) is 12.4. The van der Waals surface area contributed by atoms with E-state index in [0.717, 1.165) is 24.7 Å². The Hall–Kier alpha value is -1.48. The number of nitrogens with zero attached hydrogens (tertiary/aromatic N) is 3. The Morgan fingerprint density at radius 2 is 1.44 bits per heavy atom. The number of aryl methyl sites for hydroxylation is 2. The van der Waals surface area contributed by atoms with Crippen LogP contribution in [0.25, 0.3) is 0 Å². The first-order chi connectivity index (χ1) is 18.7. The fourth-order valence-corrected chi connectivity index (χ4v) is 8.79. The van der Waals surface area contributed by atoms with Gasteiger partial charge in [-0.1, -0.05) is 0 Å². The van der Waals surface area contributed by atoms with E-state index in [0.29, 0.717) is 34.1 Å². The van der Waals surface area contributed by atoms with E-state index < -0.39 is 10.0 Å². The summed E-state index contributed by atoms with van der Waals surface area (Å²) < 4.78 is 33.1. The maximum atomic E-state index is 13.2. The van der Waals surface area contributed by atoms with Crippen molar-refractivity contribution >= 4 is 15.8 Å². The summed E-state index contributed by atoms with van der Waals surface area (Å²) in [4.78, 5) is 18.4. The molecule has 4 rings (SSSR count). The number of likely N-dealkylation sites (tertiary alicyclic amines) is 2. The number of carbonyl (C=O) groups is 1. The molecule has 0 amide bonds. The molecule has 0 aromatic heterocycles. The number of methoxy groups -OCH3 is 1. The predicted molar refractivity (Wildman–Crippen MR) is 157 cm³/mol. The summed E-state index contributed by atoms with van der Waals surface area (Å²) in [6, 6.07) is 3.49. The standard InChI is InChI=1S/C31H51N3O4S/c1-24-21-30(38-4)22-25(2)31(24)39(36,37)32(3)16-13-29(35)23-26-7-9-27(10-8-26)28-11-17-34(18-12-28)20-19-33-14-5-6-15-33/h21-22,26-28H,5-20,23H2,1-4H3. The van der Waals surface area contributed by atoms with Crippen LogP contribution in [0.4, 0.5) is 0 Å². The van der Waals surface area contributed by atoms with Crippen LogP contribution in [-0.4, -0.2) is 88.3 Å². The molecule has 3 aliphatic rings.